The maximum absolute atomic E-state index is 5.94. The molecule has 1 aliphatic carbocycles. The first kappa shape index (κ1) is 12.1. The van der Waals surface area contributed by atoms with Crippen molar-refractivity contribution in [2.45, 2.75) is 25.8 Å². The summed E-state index contributed by atoms with van der Waals surface area (Å²) in [5.41, 5.74) is 1.09. The SMILES string of the molecule is CC1CC(Nc2ccccc2Oc2ccccc2)C1. The van der Waals surface area contributed by atoms with Gasteiger partial charge in [0, 0.05) is 6.04 Å². The minimum atomic E-state index is 0.593. The topological polar surface area (TPSA) is 21.3 Å². The van der Waals surface area contributed by atoms with E-state index in [4.69, 9.17) is 4.74 Å². The lowest BCUT2D eigenvalue weighted by Crippen LogP contribution is -2.33. The van der Waals surface area contributed by atoms with Gasteiger partial charge in [-0.3, -0.25) is 0 Å². The number of ether oxygens (including phenoxy) is 1. The Morgan fingerprint density at radius 1 is 0.947 bits per heavy atom. The lowest BCUT2D eigenvalue weighted by atomic mass is 9.82. The van der Waals surface area contributed by atoms with E-state index in [0.717, 1.165) is 23.1 Å². The van der Waals surface area contributed by atoms with Crippen LogP contribution in [0.1, 0.15) is 19.8 Å². The van der Waals surface area contributed by atoms with Crippen molar-refractivity contribution in [2.24, 2.45) is 5.92 Å². The van der Waals surface area contributed by atoms with Crippen LogP contribution in [-0.4, -0.2) is 6.04 Å². The molecule has 0 radical (unpaired) electrons. The molecule has 98 valence electrons. The molecule has 0 unspecified atom stereocenters. The second-order valence-electron chi connectivity index (χ2n) is 5.33. The number of anilines is 1. The molecule has 1 aliphatic rings. The highest BCUT2D eigenvalue weighted by Crippen LogP contribution is 2.34. The van der Waals surface area contributed by atoms with Crippen LogP contribution in [0.3, 0.4) is 0 Å². The zero-order valence-electron chi connectivity index (χ0n) is 11.2. The Bertz CT molecular complexity index is 532. The fraction of sp³-hybridized carbons (Fsp3) is 0.294. The van der Waals surface area contributed by atoms with Gasteiger partial charge in [-0.2, -0.15) is 0 Å². The zero-order chi connectivity index (χ0) is 13.1. The molecule has 0 amide bonds. The van der Waals surface area contributed by atoms with E-state index in [1.54, 1.807) is 0 Å². The molecule has 1 N–H and O–H groups in total. The first-order chi connectivity index (χ1) is 9.31. The van der Waals surface area contributed by atoms with Gasteiger partial charge in [-0.1, -0.05) is 37.3 Å². The molecule has 0 aromatic heterocycles. The van der Waals surface area contributed by atoms with E-state index in [1.165, 1.54) is 12.8 Å². The van der Waals surface area contributed by atoms with E-state index in [-0.39, 0.29) is 0 Å². The van der Waals surface area contributed by atoms with Crippen LogP contribution < -0.4 is 10.1 Å². The molecule has 0 aliphatic heterocycles. The van der Waals surface area contributed by atoms with Crippen LogP contribution in [-0.2, 0) is 0 Å². The van der Waals surface area contributed by atoms with Gasteiger partial charge in [0.25, 0.3) is 0 Å². The van der Waals surface area contributed by atoms with Gasteiger partial charge in [0.2, 0.25) is 0 Å². The molecular formula is C17H19NO. The lowest BCUT2D eigenvalue weighted by Gasteiger charge is -2.34. The van der Waals surface area contributed by atoms with Gasteiger partial charge in [-0.15, -0.1) is 0 Å². The van der Waals surface area contributed by atoms with Crippen molar-refractivity contribution in [2.75, 3.05) is 5.32 Å². The highest BCUT2D eigenvalue weighted by molar-refractivity contribution is 5.58. The molecule has 1 fully saturated rings. The Kier molecular flexibility index (Phi) is 3.41. The number of hydrogen-bond donors (Lipinski definition) is 1. The van der Waals surface area contributed by atoms with Gasteiger partial charge in [-0.05, 0) is 43.0 Å². The van der Waals surface area contributed by atoms with Crippen LogP contribution in [0.25, 0.3) is 0 Å². The zero-order valence-corrected chi connectivity index (χ0v) is 11.2. The summed E-state index contributed by atoms with van der Waals surface area (Å²) in [5, 5.41) is 3.57. The van der Waals surface area contributed by atoms with Crippen LogP contribution >= 0.6 is 0 Å². The average molecular weight is 253 g/mol. The van der Waals surface area contributed by atoms with E-state index >= 15 is 0 Å². The normalized spacial score (nSPS) is 21.5. The van der Waals surface area contributed by atoms with Gasteiger partial charge < -0.3 is 10.1 Å². The summed E-state index contributed by atoms with van der Waals surface area (Å²) < 4.78 is 5.94. The van der Waals surface area contributed by atoms with E-state index in [0.29, 0.717) is 6.04 Å². The summed E-state index contributed by atoms with van der Waals surface area (Å²) in [7, 11) is 0. The quantitative estimate of drug-likeness (QED) is 0.853. The van der Waals surface area contributed by atoms with E-state index in [9.17, 15) is 0 Å². The summed E-state index contributed by atoms with van der Waals surface area (Å²) in [5.74, 6) is 2.62. The predicted molar refractivity (Wildman–Crippen MR) is 78.8 cm³/mol. The minimum absolute atomic E-state index is 0.593. The number of para-hydroxylation sites is 3. The number of nitrogens with one attached hydrogen (secondary N) is 1. The van der Waals surface area contributed by atoms with Gasteiger partial charge >= 0.3 is 0 Å². The van der Waals surface area contributed by atoms with Crippen molar-refractivity contribution in [3.8, 4) is 11.5 Å². The predicted octanol–water partition coefficient (Wildman–Crippen LogP) is 4.69. The molecule has 2 heteroatoms. The third-order valence-corrected chi connectivity index (χ3v) is 3.59. The molecule has 0 heterocycles. The van der Waals surface area contributed by atoms with Crippen molar-refractivity contribution in [1.29, 1.82) is 0 Å². The van der Waals surface area contributed by atoms with E-state index in [2.05, 4.69) is 18.3 Å². The Hall–Kier alpha value is -1.96. The standard InChI is InChI=1S/C17H19NO/c1-13-11-14(12-13)18-16-9-5-6-10-17(16)19-15-7-3-2-4-8-15/h2-10,13-14,18H,11-12H2,1H3. The van der Waals surface area contributed by atoms with E-state index < -0.39 is 0 Å². The van der Waals surface area contributed by atoms with Gasteiger partial charge in [0.05, 0.1) is 5.69 Å². The van der Waals surface area contributed by atoms with Crippen LogP contribution in [0.2, 0.25) is 0 Å². The summed E-state index contributed by atoms with van der Waals surface area (Å²) in [6, 6.07) is 18.7. The molecule has 19 heavy (non-hydrogen) atoms. The lowest BCUT2D eigenvalue weighted by molar-refractivity contribution is 0.308. The van der Waals surface area contributed by atoms with Crippen molar-refractivity contribution in [1.82, 2.24) is 0 Å². The Morgan fingerprint density at radius 3 is 2.37 bits per heavy atom. The third-order valence-electron chi connectivity index (χ3n) is 3.59. The molecule has 2 aromatic carbocycles. The Morgan fingerprint density at radius 2 is 1.63 bits per heavy atom. The third kappa shape index (κ3) is 2.90. The monoisotopic (exact) mass is 253 g/mol. The summed E-state index contributed by atoms with van der Waals surface area (Å²) in [4.78, 5) is 0. The fourth-order valence-corrected chi connectivity index (χ4v) is 2.53. The number of hydrogen-bond acceptors (Lipinski definition) is 2. The van der Waals surface area contributed by atoms with Crippen molar-refractivity contribution in [3.63, 3.8) is 0 Å². The largest absolute Gasteiger partial charge is 0.455 e. The molecule has 0 atom stereocenters. The number of rotatable bonds is 4. The Labute approximate surface area is 114 Å². The molecule has 2 nitrogen and oxygen atoms in total. The molecular weight excluding hydrogens is 234 g/mol. The smallest absolute Gasteiger partial charge is 0.150 e. The van der Waals surface area contributed by atoms with Crippen LogP contribution in [0.5, 0.6) is 11.5 Å². The van der Waals surface area contributed by atoms with Crippen LogP contribution in [0.15, 0.2) is 54.6 Å². The van der Waals surface area contributed by atoms with Gasteiger partial charge in [0.1, 0.15) is 5.75 Å². The highest BCUT2D eigenvalue weighted by Gasteiger charge is 2.25. The van der Waals surface area contributed by atoms with Gasteiger partial charge in [0.15, 0.2) is 5.75 Å². The summed E-state index contributed by atoms with van der Waals surface area (Å²) >= 11 is 0. The number of benzene rings is 2. The highest BCUT2D eigenvalue weighted by atomic mass is 16.5. The van der Waals surface area contributed by atoms with Gasteiger partial charge in [-0.25, -0.2) is 0 Å². The first-order valence-corrected chi connectivity index (χ1v) is 6.90. The van der Waals surface area contributed by atoms with Crippen molar-refractivity contribution < 1.29 is 4.74 Å². The molecule has 1 saturated carbocycles. The fourth-order valence-electron chi connectivity index (χ4n) is 2.53. The maximum Gasteiger partial charge on any atom is 0.150 e. The Balaban J connectivity index is 1.74. The molecule has 3 rings (SSSR count). The summed E-state index contributed by atoms with van der Waals surface area (Å²) in [6.07, 6.45) is 2.50. The minimum Gasteiger partial charge on any atom is -0.455 e. The first-order valence-electron chi connectivity index (χ1n) is 6.90. The van der Waals surface area contributed by atoms with E-state index in [1.807, 2.05) is 48.5 Å². The van der Waals surface area contributed by atoms with Crippen LogP contribution in [0, 0.1) is 5.92 Å². The molecule has 0 spiro atoms. The second-order valence-corrected chi connectivity index (χ2v) is 5.33. The molecule has 2 aromatic rings. The maximum atomic E-state index is 5.94. The average Bonchev–Trinajstić information content (AvgIpc) is 2.40. The van der Waals surface area contributed by atoms with Crippen LogP contribution in [0.4, 0.5) is 5.69 Å². The van der Waals surface area contributed by atoms with Crippen molar-refractivity contribution >= 4 is 5.69 Å². The van der Waals surface area contributed by atoms with Crippen molar-refractivity contribution in [3.05, 3.63) is 54.6 Å². The summed E-state index contributed by atoms with van der Waals surface area (Å²) in [6.45, 7) is 2.30. The molecule has 0 saturated heterocycles. The molecule has 0 bridgehead atoms. The second kappa shape index (κ2) is 5.35.